The molecule has 0 aliphatic heterocycles. The Morgan fingerprint density at radius 1 is 1.20 bits per heavy atom. The van der Waals surface area contributed by atoms with Gasteiger partial charge in [0, 0.05) is 19.2 Å². The van der Waals surface area contributed by atoms with Gasteiger partial charge < -0.3 is 15.5 Å². The molecular weight excluding hydrogens is 264 g/mol. The predicted octanol–water partition coefficient (Wildman–Crippen LogP) is 2.14. The molecule has 20 heavy (non-hydrogen) atoms. The second-order valence-corrected chi connectivity index (χ2v) is 5.39. The number of benzene rings is 1. The predicted molar refractivity (Wildman–Crippen MR) is 72.2 cm³/mol. The van der Waals surface area contributed by atoms with Crippen molar-refractivity contribution >= 4 is 0 Å². The van der Waals surface area contributed by atoms with Gasteiger partial charge in [0.25, 0.3) is 0 Å². The molecule has 1 fully saturated rings. The lowest BCUT2D eigenvalue weighted by Gasteiger charge is -2.31. The largest absolute Gasteiger partial charge is 0.396 e. The van der Waals surface area contributed by atoms with E-state index < -0.39 is 17.7 Å². The summed E-state index contributed by atoms with van der Waals surface area (Å²) in [5, 5.41) is 22.4. The van der Waals surface area contributed by atoms with Crippen LogP contribution in [0, 0.1) is 17.6 Å². The summed E-state index contributed by atoms with van der Waals surface area (Å²) in [7, 11) is 0. The monoisotopic (exact) mass is 285 g/mol. The van der Waals surface area contributed by atoms with Crippen molar-refractivity contribution in [3.63, 3.8) is 0 Å². The Hall–Kier alpha value is -1.04. The van der Waals surface area contributed by atoms with Gasteiger partial charge >= 0.3 is 0 Å². The Morgan fingerprint density at radius 3 is 2.50 bits per heavy atom. The molecule has 1 saturated carbocycles. The molecule has 0 aromatic heterocycles. The van der Waals surface area contributed by atoms with E-state index in [1.807, 2.05) is 0 Å². The van der Waals surface area contributed by atoms with Crippen LogP contribution in [0.15, 0.2) is 18.2 Å². The van der Waals surface area contributed by atoms with Crippen LogP contribution in [0.1, 0.15) is 37.4 Å². The highest BCUT2D eigenvalue weighted by molar-refractivity contribution is 5.22. The Labute approximate surface area is 117 Å². The Balaban J connectivity index is 1.96. The number of rotatable bonds is 5. The van der Waals surface area contributed by atoms with E-state index in [9.17, 15) is 19.0 Å². The smallest absolute Gasteiger partial charge is 0.131 e. The molecule has 3 atom stereocenters. The van der Waals surface area contributed by atoms with Gasteiger partial charge in [0.05, 0.1) is 11.7 Å². The molecular formula is C15H21F2NO2. The molecule has 0 radical (unpaired) electrons. The van der Waals surface area contributed by atoms with Crippen molar-refractivity contribution < 1.29 is 19.0 Å². The lowest BCUT2D eigenvalue weighted by Crippen LogP contribution is -2.42. The first-order chi connectivity index (χ1) is 9.63. The van der Waals surface area contributed by atoms with Gasteiger partial charge in [0.15, 0.2) is 0 Å². The van der Waals surface area contributed by atoms with E-state index in [4.69, 9.17) is 0 Å². The second-order valence-electron chi connectivity index (χ2n) is 5.39. The maximum Gasteiger partial charge on any atom is 0.131 e. The molecule has 3 unspecified atom stereocenters. The highest BCUT2D eigenvalue weighted by Gasteiger charge is 2.25. The van der Waals surface area contributed by atoms with Gasteiger partial charge in [-0.1, -0.05) is 18.9 Å². The first kappa shape index (κ1) is 15.4. The van der Waals surface area contributed by atoms with E-state index >= 15 is 0 Å². The number of aliphatic hydroxyl groups excluding tert-OH is 2. The highest BCUT2D eigenvalue weighted by Crippen LogP contribution is 2.25. The lowest BCUT2D eigenvalue weighted by atomic mass is 9.85. The molecule has 0 amide bonds. The van der Waals surface area contributed by atoms with Crippen LogP contribution >= 0.6 is 0 Å². The van der Waals surface area contributed by atoms with Gasteiger partial charge in [-0.2, -0.15) is 0 Å². The summed E-state index contributed by atoms with van der Waals surface area (Å²) in [4.78, 5) is 0. The molecule has 0 bridgehead atoms. The molecule has 1 aromatic carbocycles. The summed E-state index contributed by atoms with van der Waals surface area (Å²) >= 11 is 0. The fourth-order valence-corrected chi connectivity index (χ4v) is 2.89. The maximum absolute atomic E-state index is 13.5. The molecule has 1 aromatic rings. The summed E-state index contributed by atoms with van der Waals surface area (Å²) in [6, 6.07) is 3.65. The molecule has 2 rings (SSSR count). The zero-order valence-corrected chi connectivity index (χ0v) is 11.4. The fourth-order valence-electron chi connectivity index (χ4n) is 2.89. The Bertz CT molecular complexity index is 422. The highest BCUT2D eigenvalue weighted by atomic mass is 19.1. The minimum Gasteiger partial charge on any atom is -0.396 e. The van der Waals surface area contributed by atoms with Crippen molar-refractivity contribution in [1.82, 2.24) is 5.32 Å². The molecule has 1 aliphatic rings. The maximum atomic E-state index is 13.5. The molecule has 0 saturated heterocycles. The molecule has 3 nitrogen and oxygen atoms in total. The number of hydrogen-bond acceptors (Lipinski definition) is 3. The van der Waals surface area contributed by atoms with E-state index in [1.165, 1.54) is 6.07 Å². The van der Waals surface area contributed by atoms with Crippen LogP contribution < -0.4 is 5.32 Å². The minimum atomic E-state index is -1.22. The molecule has 0 heterocycles. The van der Waals surface area contributed by atoms with Gasteiger partial charge in [0.1, 0.15) is 11.6 Å². The molecule has 5 heteroatoms. The summed E-state index contributed by atoms with van der Waals surface area (Å²) in [6.07, 6.45) is 2.79. The van der Waals surface area contributed by atoms with Crippen molar-refractivity contribution in [2.75, 3.05) is 13.2 Å². The summed E-state index contributed by atoms with van der Waals surface area (Å²) in [5.41, 5.74) is -0.295. The standard InChI is InChI=1S/C15H21F2NO2/c16-11-5-3-6-12(17)15(11)14(20)8-18-13-7-2-1-4-10(13)9-19/h3,5-6,10,13-14,18-20H,1-2,4,7-9H2. The van der Waals surface area contributed by atoms with E-state index in [-0.39, 0.29) is 30.7 Å². The third-order valence-corrected chi connectivity index (χ3v) is 4.05. The van der Waals surface area contributed by atoms with E-state index in [0.29, 0.717) is 0 Å². The van der Waals surface area contributed by atoms with Crippen LogP contribution in [0.2, 0.25) is 0 Å². The number of halogens is 2. The third-order valence-electron chi connectivity index (χ3n) is 4.05. The molecule has 3 N–H and O–H groups in total. The first-order valence-electron chi connectivity index (χ1n) is 7.09. The molecule has 112 valence electrons. The van der Waals surface area contributed by atoms with E-state index in [2.05, 4.69) is 5.32 Å². The van der Waals surface area contributed by atoms with Crippen LogP contribution in [-0.2, 0) is 0 Å². The summed E-state index contributed by atoms with van der Waals surface area (Å²) < 4.78 is 27.1. The van der Waals surface area contributed by atoms with Crippen molar-refractivity contribution in [3.8, 4) is 0 Å². The van der Waals surface area contributed by atoms with Gasteiger partial charge in [0.2, 0.25) is 0 Å². The minimum absolute atomic E-state index is 0.0824. The van der Waals surface area contributed by atoms with Crippen LogP contribution in [-0.4, -0.2) is 29.4 Å². The molecule has 0 spiro atoms. The summed E-state index contributed by atoms with van der Waals surface area (Å²) in [5.74, 6) is -1.32. The summed E-state index contributed by atoms with van der Waals surface area (Å²) in [6.45, 7) is 0.181. The average Bonchev–Trinajstić information content (AvgIpc) is 2.45. The van der Waals surface area contributed by atoms with Gasteiger partial charge in [-0.05, 0) is 30.9 Å². The average molecular weight is 285 g/mol. The fraction of sp³-hybridized carbons (Fsp3) is 0.600. The quantitative estimate of drug-likeness (QED) is 0.777. The van der Waals surface area contributed by atoms with Crippen LogP contribution in [0.5, 0.6) is 0 Å². The van der Waals surface area contributed by atoms with E-state index in [1.54, 1.807) is 0 Å². The molecule has 1 aliphatic carbocycles. The lowest BCUT2D eigenvalue weighted by molar-refractivity contribution is 0.123. The Morgan fingerprint density at radius 2 is 1.85 bits per heavy atom. The van der Waals surface area contributed by atoms with Crippen LogP contribution in [0.4, 0.5) is 8.78 Å². The van der Waals surface area contributed by atoms with Crippen molar-refractivity contribution in [1.29, 1.82) is 0 Å². The number of hydrogen-bond donors (Lipinski definition) is 3. The van der Waals surface area contributed by atoms with Gasteiger partial charge in [-0.3, -0.25) is 0 Å². The number of aliphatic hydroxyl groups is 2. The van der Waals surface area contributed by atoms with Crippen molar-refractivity contribution in [3.05, 3.63) is 35.4 Å². The van der Waals surface area contributed by atoms with Crippen LogP contribution in [0.25, 0.3) is 0 Å². The normalized spacial score (nSPS) is 24.6. The second kappa shape index (κ2) is 7.11. The number of nitrogens with one attached hydrogen (secondary N) is 1. The zero-order chi connectivity index (χ0) is 14.5. The third kappa shape index (κ3) is 3.53. The van der Waals surface area contributed by atoms with Gasteiger partial charge in [-0.15, -0.1) is 0 Å². The van der Waals surface area contributed by atoms with Crippen molar-refractivity contribution in [2.24, 2.45) is 5.92 Å². The van der Waals surface area contributed by atoms with Gasteiger partial charge in [-0.25, -0.2) is 8.78 Å². The van der Waals surface area contributed by atoms with Crippen LogP contribution in [0.3, 0.4) is 0 Å². The van der Waals surface area contributed by atoms with E-state index in [0.717, 1.165) is 37.8 Å². The topological polar surface area (TPSA) is 52.5 Å². The first-order valence-corrected chi connectivity index (χ1v) is 7.09. The SMILES string of the molecule is OCC1CCCCC1NCC(O)c1c(F)cccc1F. The van der Waals surface area contributed by atoms with Crippen molar-refractivity contribution in [2.45, 2.75) is 37.8 Å². The zero-order valence-electron chi connectivity index (χ0n) is 11.4. The Kier molecular flexibility index (Phi) is 5.46.